The van der Waals surface area contributed by atoms with Gasteiger partial charge in [0, 0.05) is 48.4 Å². The van der Waals surface area contributed by atoms with Crippen molar-refractivity contribution >= 4 is 62.5 Å². The van der Waals surface area contributed by atoms with Crippen LogP contribution in [0.4, 0.5) is 11.4 Å². The predicted octanol–water partition coefficient (Wildman–Crippen LogP) is 11.2. The smallest absolute Gasteiger partial charge is 0.262 e. The second-order valence-corrected chi connectivity index (χ2v) is 15.9. The molecule has 242 valence electrons. The molecule has 47 heavy (non-hydrogen) atoms. The van der Waals surface area contributed by atoms with Gasteiger partial charge >= 0.3 is 0 Å². The molecule has 0 fully saturated rings. The number of benzene rings is 3. The monoisotopic (exact) mass is 678 g/mol. The summed E-state index contributed by atoms with van der Waals surface area (Å²) < 4.78 is 11.2. The fraction of sp³-hybridized carbons (Fsp3) is 0.325. The number of fused-ring (bicyclic) bond motifs is 3. The molecule has 0 saturated carbocycles. The number of ether oxygens (including phenoxy) is 1. The van der Waals surface area contributed by atoms with Crippen LogP contribution in [0.3, 0.4) is 0 Å². The highest BCUT2D eigenvalue weighted by atomic mass is 32.2. The van der Waals surface area contributed by atoms with Crippen molar-refractivity contribution in [3.63, 3.8) is 0 Å². The van der Waals surface area contributed by atoms with Crippen LogP contribution in [0, 0.1) is 0 Å². The van der Waals surface area contributed by atoms with Crippen LogP contribution in [-0.2, 0) is 11.3 Å². The molecule has 4 aromatic rings. The zero-order valence-electron chi connectivity index (χ0n) is 27.9. The number of aryl methyl sites for hydroxylation is 1. The van der Waals surface area contributed by atoms with Gasteiger partial charge in [0.2, 0.25) is 10.6 Å². The SMILES string of the molecule is CCCN1c2ccccc2SC1(C)OC1=C(C=Cc2sc3ccccc3[n+]2CCC)CCCC1=CC=C1Sc2ccccc2N1CC. The summed E-state index contributed by atoms with van der Waals surface area (Å²) in [6.45, 7) is 11.9. The second kappa shape index (κ2) is 14.0. The van der Waals surface area contributed by atoms with Crippen molar-refractivity contribution in [2.24, 2.45) is 0 Å². The summed E-state index contributed by atoms with van der Waals surface area (Å²) in [7, 11) is 0. The Labute approximate surface area is 292 Å². The molecule has 0 radical (unpaired) electrons. The van der Waals surface area contributed by atoms with Gasteiger partial charge in [0.25, 0.3) is 5.01 Å². The van der Waals surface area contributed by atoms with Gasteiger partial charge in [-0.05, 0) is 86.2 Å². The standard InChI is InChI=1S/C40H44N3OS3/c1-5-27-42-32-18-9-12-21-35(32)46-38(42)26-24-30-16-14-15-29(23-25-37-41(7-3)31-17-8-11-20-34(31)45-37)39(30)44-40(4)43(28-6-2)33-19-10-13-22-36(33)47-40/h8-13,17-26H,5-7,14-16,27-28H2,1-4H3/q+1. The number of thioether (sulfide) groups is 2. The number of hydrogen-bond donors (Lipinski definition) is 0. The molecule has 1 aromatic heterocycles. The molecule has 0 N–H and O–H groups in total. The van der Waals surface area contributed by atoms with Crippen molar-refractivity contribution in [3.05, 3.63) is 118 Å². The normalized spacial score (nSPS) is 21.1. The van der Waals surface area contributed by atoms with Crippen LogP contribution in [0.25, 0.3) is 16.3 Å². The number of rotatable bonds is 10. The zero-order chi connectivity index (χ0) is 32.4. The van der Waals surface area contributed by atoms with Gasteiger partial charge < -0.3 is 14.5 Å². The van der Waals surface area contributed by atoms with Crippen LogP contribution in [-0.4, -0.2) is 18.1 Å². The zero-order valence-corrected chi connectivity index (χ0v) is 30.3. The number of nitrogens with zero attached hydrogens (tertiary/aromatic N) is 3. The molecule has 3 aliphatic rings. The third kappa shape index (κ3) is 6.30. The molecular weight excluding hydrogens is 635 g/mol. The number of para-hydroxylation sites is 3. The summed E-state index contributed by atoms with van der Waals surface area (Å²) >= 11 is 5.58. The van der Waals surface area contributed by atoms with Crippen molar-refractivity contribution in [1.82, 2.24) is 0 Å². The Kier molecular flexibility index (Phi) is 9.58. The summed E-state index contributed by atoms with van der Waals surface area (Å²) in [6.07, 6.45) is 14.6. The Morgan fingerprint density at radius 1 is 0.851 bits per heavy atom. The summed E-state index contributed by atoms with van der Waals surface area (Å²) in [5.41, 5.74) is 6.45. The van der Waals surface area contributed by atoms with Crippen molar-refractivity contribution in [3.8, 4) is 0 Å². The average Bonchev–Trinajstić information content (AvgIpc) is 3.72. The third-order valence-electron chi connectivity index (χ3n) is 9.05. The summed E-state index contributed by atoms with van der Waals surface area (Å²) in [4.78, 5) is 7.50. The van der Waals surface area contributed by atoms with E-state index in [1.54, 1.807) is 0 Å². The summed E-state index contributed by atoms with van der Waals surface area (Å²) in [5, 5.41) is 2.03. The maximum atomic E-state index is 7.36. The molecule has 3 aromatic carbocycles. The fourth-order valence-electron chi connectivity index (χ4n) is 6.89. The number of hydrogen-bond acceptors (Lipinski definition) is 6. The van der Waals surface area contributed by atoms with Crippen molar-refractivity contribution in [2.75, 3.05) is 22.9 Å². The van der Waals surface area contributed by atoms with Gasteiger partial charge in [-0.1, -0.05) is 91.2 Å². The largest absolute Gasteiger partial charge is 0.458 e. The first-order valence-corrected chi connectivity index (χ1v) is 19.5. The van der Waals surface area contributed by atoms with Crippen LogP contribution in [0.15, 0.2) is 123 Å². The molecular formula is C40H44N3OS3+. The number of thiazole rings is 1. The highest BCUT2D eigenvalue weighted by Gasteiger charge is 2.44. The minimum absolute atomic E-state index is 0.536. The second-order valence-electron chi connectivity index (χ2n) is 12.3. The lowest BCUT2D eigenvalue weighted by atomic mass is 9.92. The van der Waals surface area contributed by atoms with Gasteiger partial charge in [0.1, 0.15) is 17.0 Å². The Morgan fingerprint density at radius 2 is 1.62 bits per heavy atom. The van der Waals surface area contributed by atoms with Crippen LogP contribution in [0.5, 0.6) is 0 Å². The Bertz CT molecular complexity index is 1900. The van der Waals surface area contributed by atoms with Crippen LogP contribution < -0.4 is 14.4 Å². The number of aromatic nitrogens is 1. The maximum Gasteiger partial charge on any atom is 0.262 e. The molecule has 0 bridgehead atoms. The minimum atomic E-state index is -0.536. The average molecular weight is 679 g/mol. The van der Waals surface area contributed by atoms with Crippen molar-refractivity contribution in [2.45, 2.75) is 81.2 Å². The fourth-order valence-corrected chi connectivity index (χ4v) is 10.4. The molecule has 2 aliphatic heterocycles. The molecule has 4 nitrogen and oxygen atoms in total. The predicted molar refractivity (Wildman–Crippen MR) is 203 cm³/mol. The lowest BCUT2D eigenvalue weighted by molar-refractivity contribution is -0.668. The Balaban J connectivity index is 1.30. The van der Waals surface area contributed by atoms with Crippen LogP contribution in [0.2, 0.25) is 0 Å². The molecule has 1 aliphatic carbocycles. The summed E-state index contributed by atoms with van der Waals surface area (Å²) in [5.74, 6) is 1.04. The van der Waals surface area contributed by atoms with Gasteiger partial charge in [0.15, 0.2) is 0 Å². The first-order valence-electron chi connectivity index (χ1n) is 17.1. The lowest BCUT2D eigenvalue weighted by Gasteiger charge is -2.38. The molecule has 3 heterocycles. The Morgan fingerprint density at radius 3 is 2.43 bits per heavy atom. The van der Waals surface area contributed by atoms with E-state index < -0.39 is 5.06 Å². The van der Waals surface area contributed by atoms with Gasteiger partial charge in [-0.3, -0.25) is 0 Å². The van der Waals surface area contributed by atoms with Crippen molar-refractivity contribution < 1.29 is 9.30 Å². The quantitative estimate of drug-likeness (QED) is 0.155. The van der Waals surface area contributed by atoms with Crippen LogP contribution in [0.1, 0.15) is 64.8 Å². The topological polar surface area (TPSA) is 19.6 Å². The number of anilines is 2. The van der Waals surface area contributed by atoms with E-state index in [1.165, 1.54) is 52.6 Å². The first kappa shape index (κ1) is 32.2. The highest BCUT2D eigenvalue weighted by molar-refractivity contribution is 8.03. The molecule has 7 rings (SSSR count). The minimum Gasteiger partial charge on any atom is -0.458 e. The van der Waals surface area contributed by atoms with Gasteiger partial charge in [0.05, 0.1) is 16.4 Å². The van der Waals surface area contributed by atoms with E-state index in [2.05, 4.69) is 139 Å². The molecule has 0 saturated heterocycles. The lowest BCUT2D eigenvalue weighted by Crippen LogP contribution is -2.43. The van der Waals surface area contributed by atoms with E-state index in [-0.39, 0.29) is 0 Å². The molecule has 0 spiro atoms. The molecule has 7 heteroatoms. The summed E-state index contributed by atoms with van der Waals surface area (Å²) in [6, 6.07) is 26.3. The van der Waals surface area contributed by atoms with E-state index >= 15 is 0 Å². The van der Waals surface area contributed by atoms with E-state index in [0.717, 1.165) is 57.5 Å². The van der Waals surface area contributed by atoms with Crippen molar-refractivity contribution in [1.29, 1.82) is 0 Å². The van der Waals surface area contributed by atoms with E-state index in [0.29, 0.717) is 0 Å². The van der Waals surface area contributed by atoms with Gasteiger partial charge in [-0.25, -0.2) is 0 Å². The molecule has 1 atom stereocenters. The highest BCUT2D eigenvalue weighted by Crippen LogP contribution is 2.53. The molecule has 0 amide bonds. The van der Waals surface area contributed by atoms with Crippen LogP contribution >= 0.6 is 34.9 Å². The van der Waals surface area contributed by atoms with Gasteiger partial charge in [-0.2, -0.15) is 4.57 Å². The molecule has 1 unspecified atom stereocenters. The van der Waals surface area contributed by atoms with E-state index in [9.17, 15) is 0 Å². The third-order valence-corrected chi connectivity index (χ3v) is 12.6. The van der Waals surface area contributed by atoms with E-state index in [1.807, 2.05) is 34.9 Å². The number of allylic oxidation sites excluding steroid dienone is 5. The maximum absolute atomic E-state index is 7.36. The Hall–Kier alpha value is -3.39. The first-order chi connectivity index (χ1) is 23.0. The van der Waals surface area contributed by atoms with E-state index in [4.69, 9.17) is 4.74 Å². The van der Waals surface area contributed by atoms with Gasteiger partial charge in [-0.15, -0.1) is 0 Å².